The molecule has 0 aromatic rings. The van der Waals surface area contributed by atoms with Gasteiger partial charge in [-0.15, -0.1) is 0 Å². The molecule has 11 unspecified atom stereocenters. The second kappa shape index (κ2) is 9.89. The third-order valence-corrected chi connectivity index (χ3v) is 11.7. The largest absolute Gasteiger partial charge is 0.465 e. The first-order chi connectivity index (χ1) is 16.4. The van der Waals surface area contributed by atoms with E-state index >= 15 is 0 Å². The molecule has 35 heavy (non-hydrogen) atoms. The summed E-state index contributed by atoms with van der Waals surface area (Å²) in [6.45, 7) is 13.4. The molecule has 0 aromatic heterocycles. The van der Waals surface area contributed by atoms with Gasteiger partial charge < -0.3 is 25.2 Å². The Kier molecular flexibility index (Phi) is 7.72. The molecule has 0 bridgehead atoms. The highest BCUT2D eigenvalue weighted by Gasteiger charge is 2.63. The molecule has 4 fully saturated rings. The summed E-state index contributed by atoms with van der Waals surface area (Å²) >= 11 is 0. The summed E-state index contributed by atoms with van der Waals surface area (Å²) in [5.74, 6) is 1.01. The van der Waals surface area contributed by atoms with Gasteiger partial charge in [-0.3, -0.25) is 4.79 Å². The number of hydrogen-bond acceptors (Lipinski definition) is 6. The van der Waals surface area contributed by atoms with Crippen LogP contribution in [0, 0.1) is 58.2 Å². The second-order valence-corrected chi connectivity index (χ2v) is 13.5. The van der Waals surface area contributed by atoms with Crippen molar-refractivity contribution >= 4 is 5.97 Å². The standard InChI is InChI=1S/C29H50O6/c1-7-17(15(2)3)26(33)25(32)16(4)19-8-9-20-18-14-35-27(34)22-12-23(30)24(31)13-29(22,6)21(18)10-11-28(19,20)5/h15-26,30-33H,7-14H2,1-6H3/t16?,17?,18?,19?,20?,21?,22?,23?,24?,25?,26?,28-,29-/m1/s1. The first-order valence-corrected chi connectivity index (χ1v) is 14.3. The van der Waals surface area contributed by atoms with Crippen molar-refractivity contribution in [1.82, 2.24) is 0 Å². The van der Waals surface area contributed by atoms with Gasteiger partial charge in [-0.1, -0.05) is 48.0 Å². The summed E-state index contributed by atoms with van der Waals surface area (Å²) in [4.78, 5) is 13.0. The molecule has 0 amide bonds. The molecule has 1 heterocycles. The number of hydrogen-bond donors (Lipinski definition) is 4. The molecule has 3 saturated carbocycles. The van der Waals surface area contributed by atoms with Gasteiger partial charge in [0.15, 0.2) is 0 Å². The zero-order valence-corrected chi connectivity index (χ0v) is 22.7. The minimum atomic E-state index is -0.867. The number of carbonyl (C=O) groups excluding carboxylic acids is 1. The van der Waals surface area contributed by atoms with Crippen molar-refractivity contribution in [3.05, 3.63) is 0 Å². The smallest absolute Gasteiger partial charge is 0.309 e. The molecule has 4 N–H and O–H groups in total. The van der Waals surface area contributed by atoms with E-state index in [0.29, 0.717) is 30.8 Å². The summed E-state index contributed by atoms with van der Waals surface area (Å²) in [7, 11) is 0. The van der Waals surface area contributed by atoms with Crippen molar-refractivity contribution in [3.8, 4) is 0 Å². The van der Waals surface area contributed by atoms with E-state index < -0.39 is 24.4 Å². The van der Waals surface area contributed by atoms with Gasteiger partial charge in [0.2, 0.25) is 0 Å². The fraction of sp³-hybridized carbons (Fsp3) is 0.966. The van der Waals surface area contributed by atoms with E-state index in [4.69, 9.17) is 4.74 Å². The molecule has 1 saturated heterocycles. The van der Waals surface area contributed by atoms with Crippen LogP contribution in [0.2, 0.25) is 0 Å². The lowest BCUT2D eigenvalue weighted by Gasteiger charge is -2.56. The van der Waals surface area contributed by atoms with Crippen molar-refractivity contribution < 1.29 is 30.0 Å². The summed E-state index contributed by atoms with van der Waals surface area (Å²) < 4.78 is 5.88. The first-order valence-electron chi connectivity index (χ1n) is 14.3. The van der Waals surface area contributed by atoms with Gasteiger partial charge in [-0.05, 0) is 90.8 Å². The van der Waals surface area contributed by atoms with E-state index in [1.54, 1.807) is 0 Å². The van der Waals surface area contributed by atoms with Crippen molar-refractivity contribution in [2.45, 2.75) is 111 Å². The average molecular weight is 495 g/mol. The van der Waals surface area contributed by atoms with Crippen LogP contribution in [-0.2, 0) is 9.53 Å². The summed E-state index contributed by atoms with van der Waals surface area (Å²) in [5, 5.41) is 43.2. The predicted molar refractivity (Wildman–Crippen MR) is 134 cm³/mol. The van der Waals surface area contributed by atoms with Crippen molar-refractivity contribution in [2.75, 3.05) is 6.61 Å². The average Bonchev–Trinajstić information content (AvgIpc) is 3.11. The number of esters is 1. The molecular formula is C29H50O6. The van der Waals surface area contributed by atoms with Crippen LogP contribution < -0.4 is 0 Å². The molecule has 202 valence electrons. The van der Waals surface area contributed by atoms with Crippen LogP contribution >= 0.6 is 0 Å². The number of ether oxygens (including phenoxy) is 1. The molecule has 0 radical (unpaired) electrons. The SMILES string of the molecule is CCC(C(C)C)C(O)C(O)C(C)C1CCC2C3COC(=O)C4CC(O)C(O)C[C@]4(C)C3CC[C@]12C. The Hall–Kier alpha value is -0.690. The van der Waals surface area contributed by atoms with Crippen LogP contribution in [-0.4, -0.2) is 57.4 Å². The molecule has 6 nitrogen and oxygen atoms in total. The zero-order valence-electron chi connectivity index (χ0n) is 22.7. The van der Waals surface area contributed by atoms with Crippen LogP contribution in [0.15, 0.2) is 0 Å². The van der Waals surface area contributed by atoms with E-state index in [0.717, 1.165) is 32.1 Å². The molecule has 1 aliphatic heterocycles. The lowest BCUT2D eigenvalue weighted by Crippen LogP contribution is -2.55. The number of carbonyl (C=O) groups is 1. The monoisotopic (exact) mass is 494 g/mol. The van der Waals surface area contributed by atoms with Crippen LogP contribution in [0.5, 0.6) is 0 Å². The molecular weight excluding hydrogens is 444 g/mol. The van der Waals surface area contributed by atoms with Crippen molar-refractivity contribution in [3.63, 3.8) is 0 Å². The molecule has 0 spiro atoms. The molecule has 0 aromatic carbocycles. The van der Waals surface area contributed by atoms with Gasteiger partial charge >= 0.3 is 5.97 Å². The van der Waals surface area contributed by atoms with Crippen molar-refractivity contribution in [2.24, 2.45) is 58.2 Å². The van der Waals surface area contributed by atoms with Crippen LogP contribution in [0.3, 0.4) is 0 Å². The number of rotatable bonds is 6. The number of aliphatic hydroxyl groups excluding tert-OH is 4. The maximum Gasteiger partial charge on any atom is 0.309 e. The van der Waals surface area contributed by atoms with Crippen molar-refractivity contribution in [1.29, 1.82) is 0 Å². The zero-order chi connectivity index (χ0) is 25.9. The number of fused-ring (bicyclic) bond motifs is 5. The topological polar surface area (TPSA) is 107 Å². The third kappa shape index (κ3) is 4.38. The van der Waals surface area contributed by atoms with Gasteiger partial charge in [-0.25, -0.2) is 0 Å². The summed E-state index contributed by atoms with van der Waals surface area (Å²) in [6, 6.07) is 0. The fourth-order valence-corrected chi connectivity index (χ4v) is 9.60. The molecule has 4 aliphatic rings. The Morgan fingerprint density at radius 1 is 0.971 bits per heavy atom. The minimum Gasteiger partial charge on any atom is -0.465 e. The Labute approximate surface area is 211 Å². The quantitative estimate of drug-likeness (QED) is 0.419. The van der Waals surface area contributed by atoms with E-state index in [-0.39, 0.29) is 52.8 Å². The first kappa shape index (κ1) is 27.3. The van der Waals surface area contributed by atoms with E-state index in [1.807, 2.05) is 0 Å². The lowest BCUT2D eigenvalue weighted by molar-refractivity contribution is -0.162. The number of cyclic esters (lactones) is 1. The highest BCUT2D eigenvalue weighted by atomic mass is 16.5. The Balaban J connectivity index is 1.57. The van der Waals surface area contributed by atoms with E-state index in [9.17, 15) is 25.2 Å². The third-order valence-electron chi connectivity index (χ3n) is 11.7. The molecule has 6 heteroatoms. The van der Waals surface area contributed by atoms with E-state index in [2.05, 4.69) is 41.5 Å². The maximum absolute atomic E-state index is 13.0. The molecule has 3 aliphatic carbocycles. The summed E-state index contributed by atoms with van der Waals surface area (Å²) in [5.41, 5.74) is -0.348. The van der Waals surface area contributed by atoms with Crippen LogP contribution in [0.25, 0.3) is 0 Å². The normalized spacial score (nSPS) is 47.1. The minimum absolute atomic E-state index is 0.00679. The maximum atomic E-state index is 13.0. The summed E-state index contributed by atoms with van der Waals surface area (Å²) in [6.07, 6.45) is 2.49. The lowest BCUT2D eigenvalue weighted by atomic mass is 9.48. The van der Waals surface area contributed by atoms with Gasteiger partial charge in [0.1, 0.15) is 0 Å². The van der Waals surface area contributed by atoms with Gasteiger partial charge in [0.05, 0.1) is 36.9 Å². The Bertz CT molecular complexity index is 770. The van der Waals surface area contributed by atoms with Gasteiger partial charge in [0, 0.05) is 0 Å². The molecule has 4 rings (SSSR count). The van der Waals surface area contributed by atoms with Gasteiger partial charge in [0.25, 0.3) is 0 Å². The predicted octanol–water partition coefficient (Wildman–Crippen LogP) is 3.78. The van der Waals surface area contributed by atoms with Gasteiger partial charge in [-0.2, -0.15) is 0 Å². The van der Waals surface area contributed by atoms with Crippen LogP contribution in [0.4, 0.5) is 0 Å². The highest BCUT2D eigenvalue weighted by Crippen LogP contribution is 2.66. The Morgan fingerprint density at radius 3 is 2.26 bits per heavy atom. The highest BCUT2D eigenvalue weighted by molar-refractivity contribution is 5.74. The fourth-order valence-electron chi connectivity index (χ4n) is 9.60. The van der Waals surface area contributed by atoms with E-state index in [1.165, 1.54) is 0 Å². The second-order valence-electron chi connectivity index (χ2n) is 13.5. The van der Waals surface area contributed by atoms with Crippen LogP contribution in [0.1, 0.15) is 86.5 Å². The molecule has 13 atom stereocenters. The number of aliphatic hydroxyl groups is 4. The Morgan fingerprint density at radius 2 is 1.63 bits per heavy atom.